The van der Waals surface area contributed by atoms with Crippen molar-refractivity contribution in [3.05, 3.63) is 0 Å². The van der Waals surface area contributed by atoms with E-state index >= 15 is 0 Å². The van der Waals surface area contributed by atoms with Gasteiger partial charge in [0.25, 0.3) is 0 Å². The van der Waals surface area contributed by atoms with Crippen LogP contribution in [0.1, 0.15) is 32.6 Å². The quantitative estimate of drug-likeness (QED) is 0.641. The lowest BCUT2D eigenvalue weighted by Crippen LogP contribution is -2.35. The van der Waals surface area contributed by atoms with Crippen LogP contribution in [0.3, 0.4) is 0 Å². The highest BCUT2D eigenvalue weighted by Crippen LogP contribution is 2.11. The molecule has 0 aromatic rings. The third-order valence-corrected chi connectivity index (χ3v) is 4.65. The Labute approximate surface area is 97.7 Å². The zero-order chi connectivity index (χ0) is 12.6. The van der Waals surface area contributed by atoms with Gasteiger partial charge in [-0.3, -0.25) is 0 Å². The van der Waals surface area contributed by atoms with Gasteiger partial charge < -0.3 is 5.11 Å². The van der Waals surface area contributed by atoms with E-state index in [-0.39, 0.29) is 6.61 Å². The Kier molecular flexibility index (Phi) is 7.30. The van der Waals surface area contributed by atoms with E-state index in [1.54, 1.807) is 13.0 Å². The first kappa shape index (κ1) is 15.4. The Balaban J connectivity index is 4.26. The van der Waals surface area contributed by atoms with Gasteiger partial charge in [-0.05, 0) is 25.7 Å². The molecule has 94 valence electrons. The molecule has 0 aliphatic rings. The van der Waals surface area contributed by atoms with Gasteiger partial charge in [0, 0.05) is 20.2 Å². The summed E-state index contributed by atoms with van der Waals surface area (Å²) in [7, 11) is -1.98. The van der Waals surface area contributed by atoms with Crippen molar-refractivity contribution in [1.29, 1.82) is 5.26 Å². The second-order valence-electron chi connectivity index (χ2n) is 3.68. The van der Waals surface area contributed by atoms with Crippen LogP contribution >= 0.6 is 0 Å². The summed E-state index contributed by atoms with van der Waals surface area (Å²) in [6.07, 6.45) is 2.49. The molecule has 0 amide bonds. The van der Waals surface area contributed by atoms with Gasteiger partial charge in [-0.2, -0.15) is 5.26 Å². The molecule has 1 N–H and O–H groups in total. The van der Waals surface area contributed by atoms with Gasteiger partial charge in [0.05, 0.1) is 6.07 Å². The van der Waals surface area contributed by atoms with Crippen LogP contribution < -0.4 is 0 Å². The van der Waals surface area contributed by atoms with Crippen LogP contribution in [0.2, 0.25) is 0 Å². The molecular formula is C10H20N2O3S. The number of aliphatic hydroxyl groups is 1. The van der Waals surface area contributed by atoms with Crippen molar-refractivity contribution in [3.63, 3.8) is 0 Å². The van der Waals surface area contributed by atoms with Gasteiger partial charge in [0.15, 0.2) is 5.25 Å². The summed E-state index contributed by atoms with van der Waals surface area (Å²) in [6, 6.07) is 1.80. The van der Waals surface area contributed by atoms with Gasteiger partial charge in [-0.1, -0.05) is 6.92 Å². The van der Waals surface area contributed by atoms with Gasteiger partial charge in [0.1, 0.15) is 0 Å². The largest absolute Gasteiger partial charge is 0.396 e. The van der Waals surface area contributed by atoms with Crippen molar-refractivity contribution in [2.24, 2.45) is 0 Å². The van der Waals surface area contributed by atoms with Crippen molar-refractivity contribution in [3.8, 4) is 6.07 Å². The molecule has 5 nitrogen and oxygen atoms in total. The molecule has 1 atom stereocenters. The standard InChI is InChI=1S/C10H20N2O3S/c1-3-10(9-11)16(14,15)12(2)7-5-4-6-8-13/h10,13H,3-8H2,1-2H3. The molecule has 1 unspecified atom stereocenters. The molecule has 6 heteroatoms. The first-order chi connectivity index (χ1) is 7.50. The molecule has 0 saturated heterocycles. The van der Waals surface area contributed by atoms with E-state index in [4.69, 9.17) is 10.4 Å². The monoisotopic (exact) mass is 248 g/mol. The van der Waals surface area contributed by atoms with Crippen molar-refractivity contribution in [2.75, 3.05) is 20.2 Å². The van der Waals surface area contributed by atoms with Crippen LogP contribution in [0.15, 0.2) is 0 Å². The highest BCUT2D eigenvalue weighted by molar-refractivity contribution is 7.89. The summed E-state index contributed by atoms with van der Waals surface area (Å²) in [4.78, 5) is 0. The number of nitrogens with zero attached hydrogens (tertiary/aromatic N) is 2. The molecule has 0 fully saturated rings. The summed E-state index contributed by atoms with van der Waals surface area (Å²) < 4.78 is 24.9. The average molecular weight is 248 g/mol. The van der Waals surface area contributed by atoms with Crippen LogP contribution in [0, 0.1) is 11.3 Å². The molecule has 0 aromatic heterocycles. The predicted octanol–water partition coefficient (Wildman–Crippen LogP) is 0.713. The summed E-state index contributed by atoms with van der Waals surface area (Å²) >= 11 is 0. The number of unbranched alkanes of at least 4 members (excludes halogenated alkanes) is 2. The van der Waals surface area contributed by atoms with Crippen LogP contribution in [-0.2, 0) is 10.0 Å². The maximum absolute atomic E-state index is 11.8. The number of nitriles is 1. The smallest absolute Gasteiger partial charge is 0.230 e. The van der Waals surface area contributed by atoms with E-state index in [1.165, 1.54) is 11.4 Å². The Morgan fingerprint density at radius 1 is 1.38 bits per heavy atom. The lowest BCUT2D eigenvalue weighted by Gasteiger charge is -2.19. The SMILES string of the molecule is CCC(C#N)S(=O)(=O)N(C)CCCCCO. The van der Waals surface area contributed by atoms with Gasteiger partial charge in [-0.15, -0.1) is 0 Å². The van der Waals surface area contributed by atoms with Crippen LogP contribution in [0.5, 0.6) is 0 Å². The van der Waals surface area contributed by atoms with E-state index in [2.05, 4.69) is 0 Å². The lowest BCUT2D eigenvalue weighted by atomic mass is 10.2. The Bertz CT molecular complexity index is 321. The van der Waals surface area contributed by atoms with Gasteiger partial charge >= 0.3 is 0 Å². The van der Waals surface area contributed by atoms with Crippen LogP contribution in [0.25, 0.3) is 0 Å². The fraction of sp³-hybridized carbons (Fsp3) is 0.900. The number of hydrogen-bond donors (Lipinski definition) is 1. The maximum atomic E-state index is 11.8. The molecular weight excluding hydrogens is 228 g/mol. The lowest BCUT2D eigenvalue weighted by molar-refractivity contribution is 0.281. The second kappa shape index (κ2) is 7.60. The molecule has 0 rings (SSSR count). The molecule has 0 spiro atoms. The van der Waals surface area contributed by atoms with Gasteiger partial charge in [0.2, 0.25) is 10.0 Å². The third-order valence-electron chi connectivity index (χ3n) is 2.44. The Hall–Kier alpha value is -0.640. The van der Waals surface area contributed by atoms with Crippen LogP contribution in [0.4, 0.5) is 0 Å². The summed E-state index contributed by atoms with van der Waals surface area (Å²) in [5, 5.41) is 16.4. The van der Waals surface area contributed by atoms with E-state index in [9.17, 15) is 8.42 Å². The number of hydrogen-bond acceptors (Lipinski definition) is 4. The van der Waals surface area contributed by atoms with Crippen molar-refractivity contribution >= 4 is 10.0 Å². The summed E-state index contributed by atoms with van der Waals surface area (Å²) in [6.45, 7) is 2.22. The summed E-state index contributed by atoms with van der Waals surface area (Å²) in [5.74, 6) is 0. The minimum atomic E-state index is -3.48. The normalized spacial score (nSPS) is 13.7. The minimum Gasteiger partial charge on any atom is -0.396 e. The van der Waals surface area contributed by atoms with Crippen LogP contribution in [-0.4, -0.2) is 43.3 Å². The average Bonchev–Trinajstić information content (AvgIpc) is 2.25. The third kappa shape index (κ3) is 4.47. The first-order valence-corrected chi connectivity index (χ1v) is 6.96. The Morgan fingerprint density at radius 3 is 2.44 bits per heavy atom. The molecule has 0 radical (unpaired) electrons. The number of aliphatic hydroxyl groups excluding tert-OH is 1. The highest BCUT2D eigenvalue weighted by atomic mass is 32.2. The second-order valence-corrected chi connectivity index (χ2v) is 5.90. The number of rotatable bonds is 8. The fourth-order valence-corrected chi connectivity index (χ4v) is 2.71. The Morgan fingerprint density at radius 2 is 2.00 bits per heavy atom. The van der Waals surface area contributed by atoms with Gasteiger partial charge in [-0.25, -0.2) is 12.7 Å². The van der Waals surface area contributed by atoms with Crippen molar-refractivity contribution < 1.29 is 13.5 Å². The van der Waals surface area contributed by atoms with E-state index in [0.29, 0.717) is 25.8 Å². The van der Waals surface area contributed by atoms with E-state index in [1.807, 2.05) is 0 Å². The molecule has 0 heterocycles. The molecule has 0 aromatic carbocycles. The first-order valence-electron chi connectivity index (χ1n) is 5.46. The minimum absolute atomic E-state index is 0.131. The molecule has 16 heavy (non-hydrogen) atoms. The molecule has 0 bridgehead atoms. The van der Waals surface area contributed by atoms with E-state index < -0.39 is 15.3 Å². The fourth-order valence-electron chi connectivity index (χ4n) is 1.34. The molecule has 0 aliphatic heterocycles. The topological polar surface area (TPSA) is 81.4 Å². The molecule has 0 aliphatic carbocycles. The zero-order valence-electron chi connectivity index (χ0n) is 9.89. The van der Waals surface area contributed by atoms with Crippen molar-refractivity contribution in [2.45, 2.75) is 37.9 Å². The van der Waals surface area contributed by atoms with E-state index in [0.717, 1.165) is 6.42 Å². The maximum Gasteiger partial charge on any atom is 0.230 e. The highest BCUT2D eigenvalue weighted by Gasteiger charge is 2.27. The summed E-state index contributed by atoms with van der Waals surface area (Å²) in [5.41, 5.74) is 0. The molecule has 0 saturated carbocycles. The van der Waals surface area contributed by atoms with Crippen molar-refractivity contribution in [1.82, 2.24) is 4.31 Å². The number of sulfonamides is 1. The zero-order valence-corrected chi connectivity index (χ0v) is 10.7. The predicted molar refractivity (Wildman–Crippen MR) is 62.2 cm³/mol.